The summed E-state index contributed by atoms with van der Waals surface area (Å²) in [4.78, 5) is 27.7. The number of aromatic nitrogens is 3. The molecule has 2 amide bonds. The van der Waals surface area contributed by atoms with Gasteiger partial charge >= 0.3 is 0 Å². The fraction of sp³-hybridized carbons (Fsp3) is 0. The van der Waals surface area contributed by atoms with Gasteiger partial charge in [-0.05, 0) is 18.2 Å². The Morgan fingerprint density at radius 2 is 1.59 bits per heavy atom. The van der Waals surface area contributed by atoms with Gasteiger partial charge in [0.05, 0.1) is 16.3 Å². The maximum Gasteiger partial charge on any atom is 0.286 e. The molecule has 3 N–H and O–H groups in total. The molecule has 2 heterocycles. The first kappa shape index (κ1) is 18.5. The summed E-state index contributed by atoms with van der Waals surface area (Å²) in [7, 11) is 0. The highest BCUT2D eigenvalue weighted by Crippen LogP contribution is 2.23. The highest BCUT2D eigenvalue weighted by molar-refractivity contribution is 6.31. The van der Waals surface area contributed by atoms with Crippen LogP contribution in [0.15, 0.2) is 79.1 Å². The number of aromatic amines is 1. The molecule has 0 aliphatic carbocycles. The van der Waals surface area contributed by atoms with Crippen molar-refractivity contribution in [3.63, 3.8) is 0 Å². The molecule has 2 aromatic carbocycles. The van der Waals surface area contributed by atoms with E-state index in [4.69, 9.17) is 11.6 Å². The first-order valence-corrected chi connectivity index (χ1v) is 9.15. The van der Waals surface area contributed by atoms with Crippen LogP contribution in [0.25, 0.3) is 16.9 Å². The summed E-state index contributed by atoms with van der Waals surface area (Å²) in [5, 5.41) is 4.98. The smallest absolute Gasteiger partial charge is 0.286 e. The van der Waals surface area contributed by atoms with Crippen molar-refractivity contribution >= 4 is 23.4 Å². The molecule has 0 fully saturated rings. The fourth-order valence-corrected chi connectivity index (χ4v) is 2.97. The molecule has 29 heavy (non-hydrogen) atoms. The first-order valence-electron chi connectivity index (χ1n) is 8.77. The lowest BCUT2D eigenvalue weighted by atomic mass is 10.1. The molecule has 8 heteroatoms. The number of H-pyrrole nitrogens is 1. The molecule has 144 valence electrons. The minimum absolute atomic E-state index is 0.235. The van der Waals surface area contributed by atoms with E-state index in [2.05, 4.69) is 20.9 Å². The number of nitrogens with one attached hydrogen (secondary N) is 3. The molecule has 4 rings (SSSR count). The van der Waals surface area contributed by atoms with Crippen LogP contribution in [0.1, 0.15) is 20.8 Å². The van der Waals surface area contributed by atoms with Crippen LogP contribution >= 0.6 is 11.6 Å². The van der Waals surface area contributed by atoms with Crippen LogP contribution in [0.4, 0.5) is 0 Å². The number of carbonyl (C=O) groups excluding carboxylic acids is 2. The van der Waals surface area contributed by atoms with Crippen molar-refractivity contribution in [2.75, 3.05) is 0 Å². The Balaban J connectivity index is 1.62. The Morgan fingerprint density at radius 3 is 2.24 bits per heavy atom. The van der Waals surface area contributed by atoms with Crippen molar-refractivity contribution in [2.24, 2.45) is 0 Å². The van der Waals surface area contributed by atoms with Crippen LogP contribution < -0.4 is 10.9 Å². The van der Waals surface area contributed by atoms with Crippen molar-refractivity contribution in [3.05, 3.63) is 95.4 Å². The number of carbonyl (C=O) groups is 2. The third kappa shape index (κ3) is 4.04. The van der Waals surface area contributed by atoms with E-state index in [0.717, 1.165) is 11.3 Å². The zero-order chi connectivity index (χ0) is 20.2. The first-order chi connectivity index (χ1) is 14.1. The average molecular weight is 406 g/mol. The third-order valence-electron chi connectivity index (χ3n) is 4.21. The zero-order valence-corrected chi connectivity index (χ0v) is 15.9. The van der Waals surface area contributed by atoms with Gasteiger partial charge in [0.2, 0.25) is 0 Å². The summed E-state index contributed by atoms with van der Waals surface area (Å²) in [6.45, 7) is 0. The molecule has 4 aromatic rings. The number of para-hydroxylation sites is 1. The Bertz CT molecular complexity index is 1150. The third-order valence-corrected chi connectivity index (χ3v) is 4.43. The minimum atomic E-state index is -0.512. The number of hydrazine groups is 1. The van der Waals surface area contributed by atoms with Crippen LogP contribution in [-0.4, -0.2) is 26.6 Å². The van der Waals surface area contributed by atoms with E-state index in [-0.39, 0.29) is 5.69 Å². The summed E-state index contributed by atoms with van der Waals surface area (Å²) in [5.74, 6) is -1.00. The van der Waals surface area contributed by atoms with Crippen molar-refractivity contribution in [3.8, 4) is 16.9 Å². The molecule has 0 saturated heterocycles. The Hall–Kier alpha value is -3.84. The van der Waals surface area contributed by atoms with E-state index in [1.165, 1.54) is 12.3 Å². The van der Waals surface area contributed by atoms with Crippen LogP contribution in [-0.2, 0) is 0 Å². The number of nitrogens with zero attached hydrogens (tertiary/aromatic N) is 2. The van der Waals surface area contributed by atoms with Gasteiger partial charge in [0, 0.05) is 18.0 Å². The maximum absolute atomic E-state index is 12.8. The molecule has 0 unspecified atom stereocenters. The van der Waals surface area contributed by atoms with Gasteiger partial charge in [-0.15, -0.1) is 0 Å². The number of halogens is 1. The second kappa shape index (κ2) is 8.04. The lowest BCUT2D eigenvalue weighted by molar-refractivity contribution is 0.0844. The minimum Gasteiger partial charge on any atom is -0.356 e. The number of amides is 2. The highest BCUT2D eigenvalue weighted by Gasteiger charge is 2.19. The predicted molar refractivity (Wildman–Crippen MR) is 110 cm³/mol. The molecule has 0 aliphatic heterocycles. The molecule has 0 bridgehead atoms. The second-order valence-electron chi connectivity index (χ2n) is 6.18. The Labute approximate surface area is 171 Å². The maximum atomic E-state index is 12.8. The molecule has 0 aliphatic rings. The Kier molecular flexibility index (Phi) is 5.13. The predicted octanol–water partition coefficient (Wildman–Crippen LogP) is 3.60. The van der Waals surface area contributed by atoms with Crippen molar-refractivity contribution < 1.29 is 9.59 Å². The van der Waals surface area contributed by atoms with Crippen LogP contribution in [0.2, 0.25) is 5.02 Å². The molecule has 7 nitrogen and oxygen atoms in total. The van der Waals surface area contributed by atoms with E-state index in [1.54, 1.807) is 10.9 Å². The van der Waals surface area contributed by atoms with Crippen molar-refractivity contribution in [1.82, 2.24) is 25.6 Å². The number of hydrogen-bond acceptors (Lipinski definition) is 3. The number of hydrogen-bond donors (Lipinski definition) is 3. The summed E-state index contributed by atoms with van der Waals surface area (Å²) >= 11 is 5.80. The van der Waals surface area contributed by atoms with Gasteiger partial charge in [-0.2, -0.15) is 5.10 Å². The van der Waals surface area contributed by atoms with Crippen molar-refractivity contribution in [1.29, 1.82) is 0 Å². The molecule has 0 spiro atoms. The Morgan fingerprint density at radius 1 is 0.931 bits per heavy atom. The van der Waals surface area contributed by atoms with Crippen LogP contribution in [0, 0.1) is 0 Å². The lowest BCUT2D eigenvalue weighted by Gasteiger charge is -2.06. The summed E-state index contributed by atoms with van der Waals surface area (Å²) in [5.41, 5.74) is 7.46. The quantitative estimate of drug-likeness (QED) is 0.453. The van der Waals surface area contributed by atoms with Gasteiger partial charge in [-0.1, -0.05) is 60.1 Å². The molecule has 0 atom stereocenters. The number of rotatable bonds is 4. The van der Waals surface area contributed by atoms with Crippen molar-refractivity contribution in [2.45, 2.75) is 0 Å². The topological polar surface area (TPSA) is 91.8 Å². The van der Waals surface area contributed by atoms with Gasteiger partial charge in [0.15, 0.2) is 0 Å². The standard InChI is InChI=1S/C21H16ClN5O2/c22-15-11-18(23-12-15)21(29)25-24-20(28)17-13-27(16-9-5-2-6-10-16)26-19(17)14-7-3-1-4-8-14/h1-13,23H,(H,24,28)(H,25,29). The highest BCUT2D eigenvalue weighted by atomic mass is 35.5. The van der Waals surface area contributed by atoms with Gasteiger partial charge in [0.1, 0.15) is 11.4 Å². The summed E-state index contributed by atoms with van der Waals surface area (Å²) in [6.07, 6.45) is 3.11. The fourth-order valence-electron chi connectivity index (χ4n) is 2.81. The van der Waals surface area contributed by atoms with E-state index < -0.39 is 11.8 Å². The molecule has 2 aromatic heterocycles. The molecular weight excluding hydrogens is 390 g/mol. The van der Waals surface area contributed by atoms with E-state index >= 15 is 0 Å². The normalized spacial score (nSPS) is 10.5. The lowest BCUT2D eigenvalue weighted by Crippen LogP contribution is -2.41. The van der Waals surface area contributed by atoms with E-state index in [0.29, 0.717) is 16.3 Å². The molecule has 0 saturated carbocycles. The summed E-state index contributed by atoms with van der Waals surface area (Å²) < 4.78 is 1.63. The SMILES string of the molecule is O=C(NNC(=O)c1cn(-c2ccccc2)nc1-c1ccccc1)c1cc(Cl)c[nH]1. The number of benzene rings is 2. The van der Waals surface area contributed by atoms with Crippen LogP contribution in [0.3, 0.4) is 0 Å². The van der Waals surface area contributed by atoms with Gasteiger partial charge in [0.25, 0.3) is 11.8 Å². The second-order valence-corrected chi connectivity index (χ2v) is 6.61. The van der Waals surface area contributed by atoms with Gasteiger partial charge in [-0.3, -0.25) is 20.4 Å². The van der Waals surface area contributed by atoms with Gasteiger partial charge < -0.3 is 4.98 Å². The largest absolute Gasteiger partial charge is 0.356 e. The van der Waals surface area contributed by atoms with Crippen LogP contribution in [0.5, 0.6) is 0 Å². The van der Waals surface area contributed by atoms with E-state index in [9.17, 15) is 9.59 Å². The average Bonchev–Trinajstić information content (AvgIpc) is 3.40. The molecule has 0 radical (unpaired) electrons. The zero-order valence-electron chi connectivity index (χ0n) is 15.1. The molecular formula is C21H16ClN5O2. The van der Waals surface area contributed by atoms with E-state index in [1.807, 2.05) is 60.7 Å². The van der Waals surface area contributed by atoms with Gasteiger partial charge in [-0.25, -0.2) is 4.68 Å². The summed E-state index contributed by atoms with van der Waals surface area (Å²) in [6, 6.07) is 20.3. The monoisotopic (exact) mass is 405 g/mol.